The maximum atomic E-state index is 12.3. The Hall–Kier alpha value is -2.09. The molecule has 0 unspecified atom stereocenters. The van der Waals surface area contributed by atoms with Crippen molar-refractivity contribution >= 4 is 11.6 Å². The first-order valence-electron chi connectivity index (χ1n) is 5.84. The lowest BCUT2D eigenvalue weighted by atomic mass is 10.1. The van der Waals surface area contributed by atoms with Gasteiger partial charge in [0.05, 0.1) is 24.5 Å². The number of amides is 1. The maximum absolute atomic E-state index is 12.3. The second kappa shape index (κ2) is 7.49. The fourth-order valence-electron chi connectivity index (χ4n) is 1.72. The van der Waals surface area contributed by atoms with E-state index in [4.69, 9.17) is 5.11 Å². The summed E-state index contributed by atoms with van der Waals surface area (Å²) >= 11 is 0. The molecule has 6 nitrogen and oxygen atoms in total. The van der Waals surface area contributed by atoms with E-state index in [1.807, 2.05) is 0 Å². The van der Waals surface area contributed by atoms with Crippen LogP contribution >= 0.6 is 0 Å². The minimum Gasteiger partial charge on any atom is -0.395 e. The van der Waals surface area contributed by atoms with E-state index in [1.165, 1.54) is 24.3 Å². The Bertz CT molecular complexity index is 482. The van der Waals surface area contributed by atoms with E-state index in [1.54, 1.807) is 0 Å². The van der Waals surface area contributed by atoms with Crippen LogP contribution in [-0.4, -0.2) is 47.0 Å². The van der Waals surface area contributed by atoms with Crippen LogP contribution in [0.15, 0.2) is 24.3 Å². The van der Waals surface area contributed by atoms with Crippen LogP contribution in [0.5, 0.6) is 0 Å². The molecule has 1 aromatic carbocycles. The molecule has 0 heterocycles. The molecule has 0 saturated heterocycles. The number of nitro benzene ring substituents is 1. The highest BCUT2D eigenvalue weighted by molar-refractivity contribution is 5.80. The molecule has 0 aliphatic rings. The van der Waals surface area contributed by atoms with Gasteiger partial charge in [0.25, 0.3) is 12.1 Å². The predicted octanol–water partition coefficient (Wildman–Crippen LogP) is 1.22. The highest BCUT2D eigenvalue weighted by atomic mass is 19.3. The van der Waals surface area contributed by atoms with Crippen LogP contribution in [0.3, 0.4) is 0 Å². The molecular weight excluding hydrogens is 274 g/mol. The highest BCUT2D eigenvalue weighted by Gasteiger charge is 2.21. The summed E-state index contributed by atoms with van der Waals surface area (Å²) in [5.74, 6) is -0.686. The van der Waals surface area contributed by atoms with E-state index in [0.717, 1.165) is 4.90 Å². The Labute approximate surface area is 113 Å². The number of nitrogens with zero attached hydrogens (tertiary/aromatic N) is 2. The fraction of sp³-hybridized carbons (Fsp3) is 0.417. The molecule has 0 aliphatic carbocycles. The lowest BCUT2D eigenvalue weighted by molar-refractivity contribution is -0.385. The molecule has 0 bridgehead atoms. The summed E-state index contributed by atoms with van der Waals surface area (Å²) < 4.78 is 24.7. The molecule has 110 valence electrons. The number of hydrogen-bond acceptors (Lipinski definition) is 4. The van der Waals surface area contributed by atoms with E-state index in [0.29, 0.717) is 0 Å². The smallest absolute Gasteiger partial charge is 0.273 e. The zero-order valence-corrected chi connectivity index (χ0v) is 10.5. The first-order chi connectivity index (χ1) is 9.45. The first-order valence-corrected chi connectivity index (χ1v) is 5.84. The van der Waals surface area contributed by atoms with Gasteiger partial charge in [-0.15, -0.1) is 0 Å². The van der Waals surface area contributed by atoms with E-state index in [2.05, 4.69) is 0 Å². The number of para-hydroxylation sites is 1. The van der Waals surface area contributed by atoms with Crippen LogP contribution in [0, 0.1) is 10.1 Å². The minimum absolute atomic E-state index is 0.153. The number of carbonyl (C=O) groups is 1. The molecule has 0 radical (unpaired) electrons. The van der Waals surface area contributed by atoms with Gasteiger partial charge in [0, 0.05) is 18.2 Å². The SMILES string of the molecule is O=C(Cc1ccccc1[N+](=O)[O-])N(CCO)CC(F)F. The Morgan fingerprint density at radius 1 is 1.40 bits per heavy atom. The maximum Gasteiger partial charge on any atom is 0.273 e. The third-order valence-electron chi connectivity index (χ3n) is 2.61. The number of rotatable bonds is 7. The normalized spacial score (nSPS) is 10.6. The monoisotopic (exact) mass is 288 g/mol. The molecular formula is C12H14F2N2O4. The van der Waals surface area contributed by atoms with Gasteiger partial charge in [-0.3, -0.25) is 14.9 Å². The first kappa shape index (κ1) is 16.0. The van der Waals surface area contributed by atoms with Crippen molar-refractivity contribution < 1.29 is 23.6 Å². The lowest BCUT2D eigenvalue weighted by Crippen LogP contribution is -2.38. The standard InChI is InChI=1S/C12H14F2N2O4/c13-11(14)8-15(5-6-17)12(18)7-9-3-1-2-4-10(9)16(19)20/h1-4,11,17H,5-8H2. The van der Waals surface area contributed by atoms with Gasteiger partial charge >= 0.3 is 0 Å². The van der Waals surface area contributed by atoms with Crippen molar-refractivity contribution in [1.82, 2.24) is 4.90 Å². The summed E-state index contributed by atoms with van der Waals surface area (Å²) in [6.07, 6.45) is -3.08. The summed E-state index contributed by atoms with van der Waals surface area (Å²) in [6.45, 7) is -1.49. The average molecular weight is 288 g/mol. The average Bonchev–Trinajstić information content (AvgIpc) is 2.38. The number of nitro groups is 1. The van der Waals surface area contributed by atoms with Crippen molar-refractivity contribution in [1.29, 1.82) is 0 Å². The van der Waals surface area contributed by atoms with E-state index in [9.17, 15) is 23.7 Å². The second-order valence-corrected chi connectivity index (χ2v) is 4.02. The molecule has 8 heteroatoms. The molecule has 0 aromatic heterocycles. The Kier molecular flexibility index (Phi) is 5.98. The second-order valence-electron chi connectivity index (χ2n) is 4.02. The third-order valence-corrected chi connectivity index (χ3v) is 2.61. The zero-order valence-electron chi connectivity index (χ0n) is 10.5. The molecule has 1 rings (SSSR count). The number of aliphatic hydroxyl groups is 1. The van der Waals surface area contributed by atoms with Crippen LogP contribution in [0.2, 0.25) is 0 Å². The zero-order chi connectivity index (χ0) is 15.1. The van der Waals surface area contributed by atoms with Crippen LogP contribution in [0.4, 0.5) is 14.5 Å². The van der Waals surface area contributed by atoms with E-state index < -0.39 is 30.4 Å². The Morgan fingerprint density at radius 2 is 2.05 bits per heavy atom. The summed E-state index contributed by atoms with van der Waals surface area (Å²) in [6, 6.07) is 5.62. The lowest BCUT2D eigenvalue weighted by Gasteiger charge is -2.21. The van der Waals surface area contributed by atoms with Crippen LogP contribution < -0.4 is 0 Å². The van der Waals surface area contributed by atoms with Crippen molar-refractivity contribution in [3.05, 3.63) is 39.9 Å². The van der Waals surface area contributed by atoms with Crippen molar-refractivity contribution in [2.24, 2.45) is 0 Å². The topological polar surface area (TPSA) is 83.7 Å². The van der Waals surface area contributed by atoms with Crippen LogP contribution in [0.25, 0.3) is 0 Å². The molecule has 0 fully saturated rings. The quantitative estimate of drug-likeness (QED) is 0.604. The molecule has 1 aromatic rings. The Morgan fingerprint density at radius 3 is 2.60 bits per heavy atom. The van der Waals surface area contributed by atoms with E-state index in [-0.39, 0.29) is 24.2 Å². The van der Waals surface area contributed by atoms with Crippen LogP contribution in [0.1, 0.15) is 5.56 Å². The molecule has 1 N–H and O–H groups in total. The van der Waals surface area contributed by atoms with Gasteiger partial charge in [-0.2, -0.15) is 0 Å². The van der Waals surface area contributed by atoms with Gasteiger partial charge in [-0.1, -0.05) is 18.2 Å². The summed E-state index contributed by atoms with van der Waals surface area (Å²) in [5, 5.41) is 19.6. The number of benzene rings is 1. The van der Waals surface area contributed by atoms with Crippen molar-refractivity contribution in [2.45, 2.75) is 12.8 Å². The minimum atomic E-state index is -2.73. The summed E-state index contributed by atoms with van der Waals surface area (Å²) in [7, 11) is 0. The van der Waals surface area contributed by atoms with Gasteiger partial charge in [-0.05, 0) is 0 Å². The molecule has 1 amide bonds. The Balaban J connectivity index is 2.85. The number of alkyl halides is 2. The molecule has 0 aliphatic heterocycles. The predicted molar refractivity (Wildman–Crippen MR) is 66.5 cm³/mol. The van der Waals surface area contributed by atoms with E-state index >= 15 is 0 Å². The largest absolute Gasteiger partial charge is 0.395 e. The van der Waals surface area contributed by atoms with Gasteiger partial charge < -0.3 is 10.0 Å². The van der Waals surface area contributed by atoms with Gasteiger partial charge in [0.15, 0.2) is 0 Å². The fourth-order valence-corrected chi connectivity index (χ4v) is 1.72. The molecule has 20 heavy (non-hydrogen) atoms. The van der Waals surface area contributed by atoms with Crippen molar-refractivity contribution in [3.63, 3.8) is 0 Å². The number of hydrogen-bond donors (Lipinski definition) is 1. The van der Waals surface area contributed by atoms with Gasteiger partial charge in [0.2, 0.25) is 5.91 Å². The van der Waals surface area contributed by atoms with Gasteiger partial charge in [0.1, 0.15) is 0 Å². The summed E-state index contributed by atoms with van der Waals surface area (Å²) in [5.41, 5.74) is -0.0819. The number of halogens is 2. The molecule has 0 saturated carbocycles. The highest BCUT2D eigenvalue weighted by Crippen LogP contribution is 2.19. The molecule has 0 atom stereocenters. The van der Waals surface area contributed by atoms with Crippen LogP contribution in [-0.2, 0) is 11.2 Å². The number of carbonyl (C=O) groups excluding carboxylic acids is 1. The molecule has 0 spiro atoms. The van der Waals surface area contributed by atoms with Crippen molar-refractivity contribution in [3.8, 4) is 0 Å². The number of aliphatic hydroxyl groups excluding tert-OH is 1. The third kappa shape index (κ3) is 4.54. The van der Waals surface area contributed by atoms with Gasteiger partial charge in [-0.25, -0.2) is 8.78 Å². The summed E-state index contributed by atoms with van der Waals surface area (Å²) in [4.78, 5) is 22.8. The van der Waals surface area contributed by atoms with Crippen molar-refractivity contribution in [2.75, 3.05) is 19.7 Å².